The fourth-order valence-corrected chi connectivity index (χ4v) is 5.64. The molecule has 2 aromatic carbocycles. The normalized spacial score (nSPS) is 16.5. The number of halogens is 3. The lowest BCUT2D eigenvalue weighted by Crippen LogP contribution is -2.38. The summed E-state index contributed by atoms with van der Waals surface area (Å²) in [6.45, 7) is 0.421. The summed E-state index contributed by atoms with van der Waals surface area (Å²) >= 11 is 18.0. The van der Waals surface area contributed by atoms with E-state index in [1.54, 1.807) is 19.2 Å². The molecule has 0 spiro atoms. The number of likely N-dealkylation sites (N-methyl/N-ethyl adjacent to an activating group) is 1. The van der Waals surface area contributed by atoms with Gasteiger partial charge in [0.25, 0.3) is 10.0 Å². The van der Waals surface area contributed by atoms with E-state index in [4.69, 9.17) is 44.3 Å². The Kier molecular flexibility index (Phi) is 6.22. The molecule has 0 unspecified atom stereocenters. The Morgan fingerprint density at radius 3 is 2.39 bits per heavy atom. The van der Waals surface area contributed by atoms with Gasteiger partial charge in [-0.2, -0.15) is 0 Å². The number of nitrogens with one attached hydrogen (secondary N) is 1. The fourth-order valence-electron chi connectivity index (χ4n) is 3.03. The van der Waals surface area contributed by atoms with Crippen LogP contribution in [0.15, 0.2) is 29.2 Å². The van der Waals surface area contributed by atoms with E-state index in [2.05, 4.69) is 4.72 Å². The average Bonchev–Trinajstić information content (AvgIpc) is 2.60. The molecule has 1 heterocycles. The quantitative estimate of drug-likeness (QED) is 0.712. The first-order valence-corrected chi connectivity index (χ1v) is 10.9. The van der Waals surface area contributed by atoms with E-state index in [-0.39, 0.29) is 31.7 Å². The van der Waals surface area contributed by atoms with E-state index in [1.165, 1.54) is 12.1 Å². The second-order valence-electron chi connectivity index (χ2n) is 6.56. The molecule has 0 radical (unpaired) electrons. The van der Waals surface area contributed by atoms with Crippen LogP contribution in [0.1, 0.15) is 5.56 Å². The number of ether oxygens (including phenoxy) is 2. The summed E-state index contributed by atoms with van der Waals surface area (Å²) in [4.78, 5) is 1.80. The van der Waals surface area contributed by atoms with Crippen molar-refractivity contribution in [2.75, 3.05) is 32.5 Å². The van der Waals surface area contributed by atoms with Crippen molar-refractivity contribution in [1.29, 1.82) is 0 Å². The van der Waals surface area contributed by atoms with E-state index in [0.717, 1.165) is 5.56 Å². The smallest absolute Gasteiger partial charge is 0.265 e. The van der Waals surface area contributed by atoms with Crippen molar-refractivity contribution >= 4 is 50.5 Å². The summed E-state index contributed by atoms with van der Waals surface area (Å²) in [5, 5.41) is 0.107. The van der Waals surface area contributed by atoms with Crippen LogP contribution in [0.25, 0.3) is 0 Å². The average molecular weight is 466 g/mol. The molecule has 1 aliphatic heterocycles. The maximum Gasteiger partial charge on any atom is 0.265 e. The highest BCUT2D eigenvalue weighted by Gasteiger charge is 2.30. The second kappa shape index (κ2) is 8.16. The summed E-state index contributed by atoms with van der Waals surface area (Å²) in [5.74, 6) is 1.06. The van der Waals surface area contributed by atoms with E-state index >= 15 is 0 Å². The van der Waals surface area contributed by atoms with E-state index < -0.39 is 10.0 Å². The maximum absolute atomic E-state index is 12.9. The Morgan fingerprint density at radius 2 is 1.82 bits per heavy atom. The van der Waals surface area contributed by atoms with Crippen LogP contribution in [-0.2, 0) is 16.4 Å². The number of hydrogen-bond acceptors (Lipinski definition) is 5. The largest absolute Gasteiger partial charge is 0.496 e. The Bertz CT molecular complexity index is 989. The molecule has 6 nitrogen and oxygen atoms in total. The molecule has 1 N–H and O–H groups in total. The van der Waals surface area contributed by atoms with Gasteiger partial charge in [-0.3, -0.25) is 4.72 Å². The highest BCUT2D eigenvalue weighted by molar-refractivity contribution is 7.93. The van der Waals surface area contributed by atoms with E-state index in [9.17, 15) is 8.42 Å². The van der Waals surface area contributed by atoms with Crippen molar-refractivity contribution in [3.63, 3.8) is 0 Å². The first-order valence-electron chi connectivity index (χ1n) is 8.30. The van der Waals surface area contributed by atoms with Crippen LogP contribution in [-0.4, -0.2) is 47.2 Å². The van der Waals surface area contributed by atoms with Gasteiger partial charge in [-0.25, -0.2) is 8.42 Å². The van der Waals surface area contributed by atoms with Crippen LogP contribution in [0, 0.1) is 0 Å². The predicted molar refractivity (Wildman–Crippen MR) is 112 cm³/mol. The van der Waals surface area contributed by atoms with Crippen LogP contribution in [0.4, 0.5) is 5.69 Å². The fraction of sp³-hybridized carbons (Fsp3) is 0.333. The van der Waals surface area contributed by atoms with Gasteiger partial charge < -0.3 is 14.4 Å². The number of sulfonamides is 1. The number of fused-ring (bicyclic) bond motifs is 1. The maximum atomic E-state index is 12.9. The standard InChI is InChI=1S/C18H19Cl3N2O4S/c1-23(2)11-8-12-16(26-3)5-4-15(17(12)27-9-11)22-28(24,25)18-13(20)6-10(19)7-14(18)21/h4-7,11,22H,8-9H2,1-3H3/t11-/m1/s1. The molecule has 1 atom stereocenters. The Morgan fingerprint density at radius 1 is 1.18 bits per heavy atom. The minimum absolute atomic E-state index is 0.0685. The summed E-state index contributed by atoms with van der Waals surface area (Å²) < 4.78 is 39.7. The second-order valence-corrected chi connectivity index (χ2v) is 9.43. The Hall–Kier alpha value is -1.38. The molecule has 28 heavy (non-hydrogen) atoms. The van der Waals surface area contributed by atoms with Crippen molar-refractivity contribution in [2.24, 2.45) is 0 Å². The molecular weight excluding hydrogens is 447 g/mol. The van der Waals surface area contributed by atoms with Crippen molar-refractivity contribution < 1.29 is 17.9 Å². The van der Waals surface area contributed by atoms with Crippen LogP contribution in [0.3, 0.4) is 0 Å². The topological polar surface area (TPSA) is 67.9 Å². The zero-order valence-corrected chi connectivity index (χ0v) is 18.5. The molecule has 0 amide bonds. The third kappa shape index (κ3) is 4.14. The summed E-state index contributed by atoms with van der Waals surface area (Å²) in [5.41, 5.74) is 1.08. The predicted octanol–water partition coefficient (Wildman–Crippen LogP) is 4.32. The molecule has 152 valence electrons. The molecule has 1 aliphatic rings. The lowest BCUT2D eigenvalue weighted by Gasteiger charge is -2.32. The monoisotopic (exact) mass is 464 g/mol. The van der Waals surface area contributed by atoms with Gasteiger partial charge in [0, 0.05) is 16.6 Å². The Balaban J connectivity index is 2.03. The lowest BCUT2D eigenvalue weighted by molar-refractivity contribution is 0.164. The highest BCUT2D eigenvalue weighted by Crippen LogP contribution is 2.42. The van der Waals surface area contributed by atoms with Crippen molar-refractivity contribution in [1.82, 2.24) is 4.90 Å². The van der Waals surface area contributed by atoms with Crippen molar-refractivity contribution in [3.8, 4) is 11.5 Å². The summed E-state index contributed by atoms with van der Waals surface area (Å²) in [6.07, 6.45) is 0.656. The number of rotatable bonds is 5. The van der Waals surface area contributed by atoms with Gasteiger partial charge in [0.15, 0.2) is 0 Å². The molecule has 2 aromatic rings. The summed E-state index contributed by atoms with van der Waals surface area (Å²) in [7, 11) is 1.41. The van der Waals surface area contributed by atoms with Gasteiger partial charge in [-0.05, 0) is 44.8 Å². The molecule has 0 aliphatic carbocycles. The van der Waals surface area contributed by atoms with E-state index in [0.29, 0.717) is 24.5 Å². The molecule has 10 heteroatoms. The molecule has 0 saturated heterocycles. The molecule has 0 aromatic heterocycles. The van der Waals surface area contributed by atoms with Gasteiger partial charge in [0.2, 0.25) is 0 Å². The molecule has 0 fully saturated rings. The number of benzene rings is 2. The number of anilines is 1. The Labute approximate surface area is 179 Å². The third-order valence-corrected chi connectivity index (χ3v) is 7.01. The minimum atomic E-state index is -4.08. The van der Waals surface area contributed by atoms with Crippen LogP contribution < -0.4 is 14.2 Å². The number of nitrogens with zero attached hydrogens (tertiary/aromatic N) is 1. The van der Waals surface area contributed by atoms with Crippen LogP contribution in [0.5, 0.6) is 11.5 Å². The highest BCUT2D eigenvalue weighted by atomic mass is 35.5. The minimum Gasteiger partial charge on any atom is -0.496 e. The van der Waals surface area contributed by atoms with Gasteiger partial charge >= 0.3 is 0 Å². The van der Waals surface area contributed by atoms with Gasteiger partial charge in [-0.15, -0.1) is 0 Å². The lowest BCUT2D eigenvalue weighted by atomic mass is 10.00. The SMILES string of the molecule is COc1ccc(NS(=O)(=O)c2c(Cl)cc(Cl)cc2Cl)c2c1C[C@@H](N(C)C)CO2. The van der Waals surface area contributed by atoms with Crippen molar-refractivity contribution in [2.45, 2.75) is 17.4 Å². The molecule has 0 bridgehead atoms. The molecule has 3 rings (SSSR count). The summed E-state index contributed by atoms with van der Waals surface area (Å²) in [6, 6.07) is 6.08. The zero-order chi connectivity index (χ0) is 20.6. The first-order chi connectivity index (χ1) is 13.1. The third-order valence-electron chi connectivity index (χ3n) is 4.50. The first kappa shape index (κ1) is 21.3. The van der Waals surface area contributed by atoms with Crippen LogP contribution in [0.2, 0.25) is 15.1 Å². The molecular formula is C18H19Cl3N2O4S. The number of hydrogen-bond donors (Lipinski definition) is 1. The van der Waals surface area contributed by atoms with E-state index in [1.807, 2.05) is 19.0 Å². The molecule has 0 saturated carbocycles. The van der Waals surface area contributed by atoms with Gasteiger partial charge in [0.05, 0.1) is 22.8 Å². The van der Waals surface area contributed by atoms with Crippen molar-refractivity contribution in [3.05, 3.63) is 44.9 Å². The van der Waals surface area contributed by atoms with Gasteiger partial charge in [-0.1, -0.05) is 34.8 Å². The van der Waals surface area contributed by atoms with Crippen LogP contribution >= 0.6 is 34.8 Å². The van der Waals surface area contributed by atoms with Gasteiger partial charge in [0.1, 0.15) is 23.0 Å². The number of methoxy groups -OCH3 is 1. The zero-order valence-electron chi connectivity index (χ0n) is 15.4.